The Hall–Kier alpha value is -0.0800. The van der Waals surface area contributed by atoms with E-state index in [9.17, 15) is 0 Å². The van der Waals surface area contributed by atoms with Gasteiger partial charge in [-0.3, -0.25) is 0 Å². The third-order valence-electron chi connectivity index (χ3n) is 4.94. The van der Waals surface area contributed by atoms with Gasteiger partial charge < -0.3 is 10.6 Å². The Labute approximate surface area is 107 Å². The number of nitrogens with zero attached hydrogens (tertiary/aromatic N) is 1. The molecule has 2 atom stereocenters. The lowest BCUT2D eigenvalue weighted by atomic mass is 9.84. The summed E-state index contributed by atoms with van der Waals surface area (Å²) in [5, 5.41) is 0. The molecule has 2 aliphatic rings. The zero-order valence-corrected chi connectivity index (χ0v) is 11.5. The van der Waals surface area contributed by atoms with E-state index in [1.165, 1.54) is 70.8 Å². The molecule has 2 saturated carbocycles. The maximum atomic E-state index is 6.26. The van der Waals surface area contributed by atoms with Crippen LogP contribution in [0, 0.1) is 5.92 Å². The highest BCUT2D eigenvalue weighted by Crippen LogP contribution is 2.26. The van der Waals surface area contributed by atoms with Crippen molar-refractivity contribution in [3.05, 3.63) is 0 Å². The topological polar surface area (TPSA) is 29.3 Å². The zero-order chi connectivity index (χ0) is 12.1. The zero-order valence-electron chi connectivity index (χ0n) is 11.5. The molecule has 17 heavy (non-hydrogen) atoms. The molecule has 0 aliphatic heterocycles. The third-order valence-corrected chi connectivity index (χ3v) is 4.94. The first kappa shape index (κ1) is 13.4. The summed E-state index contributed by atoms with van der Waals surface area (Å²) in [5.74, 6) is 0.761. The minimum absolute atomic E-state index is 0.469. The van der Waals surface area contributed by atoms with Crippen LogP contribution in [0.3, 0.4) is 0 Å². The first-order valence-corrected chi connectivity index (χ1v) is 7.73. The van der Waals surface area contributed by atoms with E-state index in [2.05, 4.69) is 11.9 Å². The van der Waals surface area contributed by atoms with Gasteiger partial charge in [0, 0.05) is 18.6 Å². The molecule has 2 fully saturated rings. The maximum Gasteiger partial charge on any atom is 0.00923 e. The molecule has 0 aromatic rings. The van der Waals surface area contributed by atoms with Gasteiger partial charge in [0.2, 0.25) is 0 Å². The van der Waals surface area contributed by atoms with Crippen LogP contribution in [0.4, 0.5) is 0 Å². The van der Waals surface area contributed by atoms with Crippen LogP contribution in [0.25, 0.3) is 0 Å². The van der Waals surface area contributed by atoms with E-state index in [1.54, 1.807) is 0 Å². The molecule has 2 nitrogen and oxygen atoms in total. The molecule has 0 bridgehead atoms. The first-order chi connectivity index (χ1) is 8.27. The Morgan fingerprint density at radius 3 is 2.12 bits per heavy atom. The van der Waals surface area contributed by atoms with Crippen LogP contribution < -0.4 is 5.73 Å². The Morgan fingerprint density at radius 1 is 0.882 bits per heavy atom. The summed E-state index contributed by atoms with van der Waals surface area (Å²) in [6, 6.07) is 1.31. The number of hydrogen-bond donors (Lipinski definition) is 1. The minimum Gasteiger partial charge on any atom is -0.327 e. The van der Waals surface area contributed by atoms with Crippen molar-refractivity contribution in [1.82, 2.24) is 4.90 Å². The second-order valence-electron chi connectivity index (χ2n) is 6.29. The van der Waals surface area contributed by atoms with E-state index in [0.29, 0.717) is 6.04 Å². The van der Waals surface area contributed by atoms with Crippen molar-refractivity contribution in [1.29, 1.82) is 0 Å². The summed E-state index contributed by atoms with van der Waals surface area (Å²) < 4.78 is 0. The molecule has 2 rings (SSSR count). The predicted molar refractivity (Wildman–Crippen MR) is 74.1 cm³/mol. The molecule has 2 unspecified atom stereocenters. The summed E-state index contributed by atoms with van der Waals surface area (Å²) in [7, 11) is 2.33. The Kier molecular flexibility index (Phi) is 5.30. The van der Waals surface area contributed by atoms with Gasteiger partial charge in [0.05, 0.1) is 0 Å². The van der Waals surface area contributed by atoms with Gasteiger partial charge in [0.15, 0.2) is 0 Å². The van der Waals surface area contributed by atoms with Crippen LogP contribution >= 0.6 is 0 Å². The van der Waals surface area contributed by atoms with Crippen molar-refractivity contribution >= 4 is 0 Å². The molecular weight excluding hydrogens is 208 g/mol. The molecule has 0 saturated heterocycles. The van der Waals surface area contributed by atoms with Crippen LogP contribution in [0.5, 0.6) is 0 Å². The normalized spacial score (nSPS) is 32.6. The second-order valence-corrected chi connectivity index (χ2v) is 6.29. The molecule has 0 heterocycles. The largest absolute Gasteiger partial charge is 0.327 e. The number of nitrogens with two attached hydrogens (primary N) is 1. The molecule has 2 N–H and O–H groups in total. The Balaban J connectivity index is 1.79. The average molecular weight is 238 g/mol. The van der Waals surface area contributed by atoms with Gasteiger partial charge in [-0.25, -0.2) is 0 Å². The Bertz CT molecular complexity index is 209. The molecular formula is C15H30N2. The summed E-state index contributed by atoms with van der Waals surface area (Å²) in [5.41, 5.74) is 6.26. The second kappa shape index (κ2) is 6.75. The smallest absolute Gasteiger partial charge is 0.00923 e. The molecule has 0 radical (unpaired) electrons. The first-order valence-electron chi connectivity index (χ1n) is 7.73. The van der Waals surface area contributed by atoms with Gasteiger partial charge in [-0.2, -0.15) is 0 Å². The van der Waals surface area contributed by atoms with Gasteiger partial charge in [0.25, 0.3) is 0 Å². The average Bonchev–Trinajstić information content (AvgIpc) is 2.61. The minimum atomic E-state index is 0.469. The maximum absolute atomic E-state index is 6.26. The van der Waals surface area contributed by atoms with Crippen LogP contribution in [0.2, 0.25) is 0 Å². The van der Waals surface area contributed by atoms with Crippen molar-refractivity contribution in [3.8, 4) is 0 Å². The molecule has 2 heteroatoms. The fourth-order valence-corrected chi connectivity index (χ4v) is 3.68. The SMILES string of the molecule is CN(CC1CCCCC1N)C1CCCCCC1. The highest BCUT2D eigenvalue weighted by molar-refractivity contribution is 4.82. The van der Waals surface area contributed by atoms with E-state index in [4.69, 9.17) is 5.73 Å². The lowest BCUT2D eigenvalue weighted by Crippen LogP contribution is -2.43. The molecule has 0 aromatic carbocycles. The van der Waals surface area contributed by atoms with E-state index in [0.717, 1.165) is 12.0 Å². The molecule has 100 valence electrons. The lowest BCUT2D eigenvalue weighted by Gasteiger charge is -2.35. The van der Waals surface area contributed by atoms with Crippen LogP contribution in [0.15, 0.2) is 0 Å². The van der Waals surface area contributed by atoms with Crippen molar-refractivity contribution in [2.45, 2.75) is 76.3 Å². The van der Waals surface area contributed by atoms with Crippen molar-refractivity contribution in [2.24, 2.45) is 11.7 Å². The van der Waals surface area contributed by atoms with Gasteiger partial charge in [-0.15, -0.1) is 0 Å². The highest BCUT2D eigenvalue weighted by Gasteiger charge is 2.25. The van der Waals surface area contributed by atoms with Crippen molar-refractivity contribution in [3.63, 3.8) is 0 Å². The molecule has 0 aromatic heterocycles. The fourth-order valence-electron chi connectivity index (χ4n) is 3.68. The van der Waals surface area contributed by atoms with Crippen molar-refractivity contribution < 1.29 is 0 Å². The van der Waals surface area contributed by atoms with E-state index in [-0.39, 0.29) is 0 Å². The highest BCUT2D eigenvalue weighted by atomic mass is 15.1. The number of rotatable bonds is 3. The van der Waals surface area contributed by atoms with Crippen LogP contribution in [-0.4, -0.2) is 30.6 Å². The van der Waals surface area contributed by atoms with Crippen molar-refractivity contribution in [2.75, 3.05) is 13.6 Å². The predicted octanol–water partition coefficient (Wildman–Crippen LogP) is 3.16. The summed E-state index contributed by atoms with van der Waals surface area (Å²) in [6.45, 7) is 1.24. The molecule has 0 amide bonds. The lowest BCUT2D eigenvalue weighted by molar-refractivity contribution is 0.157. The third kappa shape index (κ3) is 3.96. The van der Waals surface area contributed by atoms with Crippen LogP contribution in [-0.2, 0) is 0 Å². The quantitative estimate of drug-likeness (QED) is 0.765. The Morgan fingerprint density at radius 2 is 1.47 bits per heavy atom. The van der Waals surface area contributed by atoms with E-state index >= 15 is 0 Å². The molecule has 2 aliphatic carbocycles. The van der Waals surface area contributed by atoms with Gasteiger partial charge in [0.1, 0.15) is 0 Å². The summed E-state index contributed by atoms with van der Waals surface area (Å²) >= 11 is 0. The van der Waals surface area contributed by atoms with Gasteiger partial charge in [-0.05, 0) is 38.6 Å². The van der Waals surface area contributed by atoms with Crippen LogP contribution in [0.1, 0.15) is 64.2 Å². The fraction of sp³-hybridized carbons (Fsp3) is 1.00. The summed E-state index contributed by atoms with van der Waals surface area (Å²) in [6.07, 6.45) is 14.0. The van der Waals surface area contributed by atoms with Gasteiger partial charge in [-0.1, -0.05) is 38.5 Å². The molecule has 0 spiro atoms. The monoisotopic (exact) mass is 238 g/mol. The van der Waals surface area contributed by atoms with Gasteiger partial charge >= 0.3 is 0 Å². The number of hydrogen-bond acceptors (Lipinski definition) is 2. The standard InChI is InChI=1S/C15H30N2/c1-17(14-9-4-2-3-5-10-14)12-13-8-6-7-11-15(13)16/h13-15H,2-12,16H2,1H3. The summed E-state index contributed by atoms with van der Waals surface area (Å²) in [4.78, 5) is 2.63. The van der Waals surface area contributed by atoms with E-state index in [1.807, 2.05) is 0 Å². The van der Waals surface area contributed by atoms with E-state index < -0.39 is 0 Å².